The first-order valence-electron chi connectivity index (χ1n) is 10.7. The molecule has 2 atom stereocenters. The summed E-state index contributed by atoms with van der Waals surface area (Å²) >= 11 is 0. The highest BCUT2D eigenvalue weighted by atomic mass is 16.5. The maximum Gasteiger partial charge on any atom is 0.266 e. The molecule has 1 aliphatic rings. The minimum absolute atomic E-state index is 0.0688. The number of hydrogen-bond acceptors (Lipinski definition) is 6. The molecule has 1 amide bonds. The fourth-order valence-corrected chi connectivity index (χ4v) is 4.25. The lowest BCUT2D eigenvalue weighted by Crippen LogP contribution is -2.43. The SMILES string of the molecule is Cc1ncc(-c2nc(-c3ccccc3)no2)c(=O)n1CCC(=O)N1CC(C)CC(C)C1. The molecular weight excluding hydrogens is 394 g/mol. The second kappa shape index (κ2) is 8.83. The maximum absolute atomic E-state index is 13.1. The van der Waals surface area contributed by atoms with Gasteiger partial charge in [-0.15, -0.1) is 0 Å². The molecule has 0 saturated carbocycles. The lowest BCUT2D eigenvalue weighted by Gasteiger charge is -2.35. The highest BCUT2D eigenvalue weighted by molar-refractivity contribution is 5.76. The number of hydrogen-bond donors (Lipinski definition) is 0. The third-order valence-electron chi connectivity index (χ3n) is 5.71. The van der Waals surface area contributed by atoms with E-state index in [1.165, 1.54) is 10.8 Å². The first-order chi connectivity index (χ1) is 14.9. The average Bonchev–Trinajstić information content (AvgIpc) is 3.23. The van der Waals surface area contributed by atoms with Gasteiger partial charge in [0, 0.05) is 37.8 Å². The van der Waals surface area contributed by atoms with Crippen molar-refractivity contribution in [1.82, 2.24) is 24.6 Å². The number of aromatic nitrogens is 4. The molecule has 8 nitrogen and oxygen atoms in total. The molecule has 2 unspecified atom stereocenters. The van der Waals surface area contributed by atoms with Gasteiger partial charge in [0.15, 0.2) is 0 Å². The molecule has 8 heteroatoms. The maximum atomic E-state index is 13.1. The van der Waals surface area contributed by atoms with Crippen molar-refractivity contribution in [3.05, 3.63) is 52.7 Å². The summed E-state index contributed by atoms with van der Waals surface area (Å²) in [5.74, 6) is 2.14. The topological polar surface area (TPSA) is 94.1 Å². The molecule has 3 heterocycles. The summed E-state index contributed by atoms with van der Waals surface area (Å²) in [5, 5.41) is 3.98. The molecule has 0 radical (unpaired) electrons. The summed E-state index contributed by atoms with van der Waals surface area (Å²) in [6.07, 6.45) is 2.85. The van der Waals surface area contributed by atoms with E-state index < -0.39 is 0 Å². The van der Waals surface area contributed by atoms with Gasteiger partial charge in [0.05, 0.1) is 0 Å². The van der Waals surface area contributed by atoms with Crippen LogP contribution in [0.4, 0.5) is 0 Å². The van der Waals surface area contributed by atoms with Crippen molar-refractivity contribution < 1.29 is 9.32 Å². The van der Waals surface area contributed by atoms with Crippen LogP contribution in [0, 0.1) is 18.8 Å². The Morgan fingerprint density at radius 2 is 1.87 bits per heavy atom. The summed E-state index contributed by atoms with van der Waals surface area (Å²) < 4.78 is 6.85. The van der Waals surface area contributed by atoms with Gasteiger partial charge in [-0.1, -0.05) is 49.3 Å². The zero-order chi connectivity index (χ0) is 22.0. The molecule has 2 aromatic heterocycles. The number of rotatable bonds is 5. The normalized spacial score (nSPS) is 18.9. The monoisotopic (exact) mass is 421 g/mol. The number of carbonyl (C=O) groups excluding carboxylic acids is 1. The molecule has 31 heavy (non-hydrogen) atoms. The molecule has 162 valence electrons. The number of aryl methyl sites for hydroxylation is 1. The Labute approximate surface area is 180 Å². The highest BCUT2D eigenvalue weighted by Crippen LogP contribution is 2.22. The van der Waals surface area contributed by atoms with E-state index in [2.05, 4.69) is 29.0 Å². The van der Waals surface area contributed by atoms with Gasteiger partial charge >= 0.3 is 0 Å². The van der Waals surface area contributed by atoms with Gasteiger partial charge in [-0.3, -0.25) is 14.2 Å². The Morgan fingerprint density at radius 1 is 1.16 bits per heavy atom. The summed E-state index contributed by atoms with van der Waals surface area (Å²) in [4.78, 5) is 36.5. The van der Waals surface area contributed by atoms with Crippen LogP contribution in [0.2, 0.25) is 0 Å². The van der Waals surface area contributed by atoms with Gasteiger partial charge in [-0.2, -0.15) is 4.98 Å². The number of nitrogens with zero attached hydrogens (tertiary/aromatic N) is 5. The second-order valence-corrected chi connectivity index (χ2v) is 8.46. The number of benzene rings is 1. The Morgan fingerprint density at radius 3 is 2.58 bits per heavy atom. The molecule has 4 rings (SSSR count). The second-order valence-electron chi connectivity index (χ2n) is 8.46. The van der Waals surface area contributed by atoms with E-state index >= 15 is 0 Å². The minimum Gasteiger partial charge on any atom is -0.342 e. The zero-order valence-corrected chi connectivity index (χ0v) is 18.1. The summed E-state index contributed by atoms with van der Waals surface area (Å²) in [5.41, 5.74) is 0.741. The third-order valence-corrected chi connectivity index (χ3v) is 5.71. The van der Waals surface area contributed by atoms with Crippen molar-refractivity contribution in [2.45, 2.75) is 40.2 Å². The predicted molar refractivity (Wildman–Crippen MR) is 116 cm³/mol. The van der Waals surface area contributed by atoms with Crippen LogP contribution in [0.25, 0.3) is 22.8 Å². The molecule has 1 fully saturated rings. The van der Waals surface area contributed by atoms with Gasteiger partial charge in [0.1, 0.15) is 11.4 Å². The van der Waals surface area contributed by atoms with Crippen molar-refractivity contribution >= 4 is 5.91 Å². The van der Waals surface area contributed by atoms with Gasteiger partial charge in [-0.05, 0) is 25.2 Å². The Balaban J connectivity index is 1.53. The lowest BCUT2D eigenvalue weighted by molar-refractivity contribution is -0.134. The van der Waals surface area contributed by atoms with Crippen LogP contribution in [0.5, 0.6) is 0 Å². The Kier molecular flexibility index (Phi) is 5.97. The summed E-state index contributed by atoms with van der Waals surface area (Å²) in [7, 11) is 0. The number of piperidine rings is 1. The molecule has 0 bridgehead atoms. The van der Waals surface area contributed by atoms with Gasteiger partial charge in [0.2, 0.25) is 11.7 Å². The van der Waals surface area contributed by atoms with E-state index in [1.807, 2.05) is 35.2 Å². The van der Waals surface area contributed by atoms with Crippen LogP contribution in [0.15, 0.2) is 45.8 Å². The van der Waals surface area contributed by atoms with Crippen LogP contribution in [0.1, 0.15) is 32.5 Å². The molecule has 1 saturated heterocycles. The Hall–Kier alpha value is -3.29. The van der Waals surface area contributed by atoms with Crippen LogP contribution in [0.3, 0.4) is 0 Å². The predicted octanol–water partition coefficient (Wildman–Crippen LogP) is 3.16. The van der Waals surface area contributed by atoms with E-state index in [0.29, 0.717) is 23.5 Å². The van der Waals surface area contributed by atoms with E-state index in [-0.39, 0.29) is 35.9 Å². The van der Waals surface area contributed by atoms with Gasteiger partial charge in [0.25, 0.3) is 11.4 Å². The number of carbonyl (C=O) groups is 1. The van der Waals surface area contributed by atoms with Crippen LogP contribution >= 0.6 is 0 Å². The van der Waals surface area contributed by atoms with Gasteiger partial charge < -0.3 is 9.42 Å². The summed E-state index contributed by atoms with van der Waals surface area (Å²) in [6.45, 7) is 7.92. The molecule has 0 aliphatic carbocycles. The average molecular weight is 422 g/mol. The van der Waals surface area contributed by atoms with Crippen LogP contribution in [-0.2, 0) is 11.3 Å². The molecule has 0 spiro atoms. The van der Waals surface area contributed by atoms with Crippen molar-refractivity contribution in [1.29, 1.82) is 0 Å². The number of amides is 1. The smallest absolute Gasteiger partial charge is 0.266 e. The highest BCUT2D eigenvalue weighted by Gasteiger charge is 2.25. The fourth-order valence-electron chi connectivity index (χ4n) is 4.25. The fraction of sp³-hybridized carbons (Fsp3) is 0.435. The molecular formula is C23H27N5O3. The van der Waals surface area contributed by atoms with Crippen molar-refractivity contribution in [2.24, 2.45) is 11.8 Å². The quantitative estimate of drug-likeness (QED) is 0.628. The van der Waals surface area contributed by atoms with Crippen molar-refractivity contribution in [3.8, 4) is 22.8 Å². The first kappa shape index (κ1) is 21.0. The number of likely N-dealkylation sites (tertiary alicyclic amines) is 1. The summed E-state index contributed by atoms with van der Waals surface area (Å²) in [6, 6.07) is 9.40. The van der Waals surface area contributed by atoms with E-state index in [0.717, 1.165) is 25.1 Å². The molecule has 3 aromatic rings. The van der Waals surface area contributed by atoms with Crippen molar-refractivity contribution in [3.63, 3.8) is 0 Å². The standard InChI is InChI=1S/C23H27N5O3/c1-15-11-16(2)14-27(13-15)20(29)9-10-28-17(3)24-12-19(23(28)30)22-25-21(26-31-22)18-7-5-4-6-8-18/h4-8,12,15-16H,9-11,13-14H2,1-3H3. The van der Waals surface area contributed by atoms with Crippen LogP contribution in [-0.4, -0.2) is 43.6 Å². The molecule has 0 N–H and O–H groups in total. The largest absolute Gasteiger partial charge is 0.342 e. The van der Waals surface area contributed by atoms with E-state index in [1.54, 1.807) is 6.92 Å². The van der Waals surface area contributed by atoms with Crippen LogP contribution < -0.4 is 5.56 Å². The van der Waals surface area contributed by atoms with E-state index in [9.17, 15) is 9.59 Å². The minimum atomic E-state index is -0.288. The van der Waals surface area contributed by atoms with E-state index in [4.69, 9.17) is 4.52 Å². The first-order valence-corrected chi connectivity index (χ1v) is 10.7. The third kappa shape index (κ3) is 4.57. The molecule has 1 aromatic carbocycles. The lowest BCUT2D eigenvalue weighted by atomic mass is 9.92. The van der Waals surface area contributed by atoms with Crippen molar-refractivity contribution in [2.75, 3.05) is 13.1 Å². The van der Waals surface area contributed by atoms with Gasteiger partial charge in [-0.25, -0.2) is 4.98 Å². The Bertz CT molecular complexity index is 1110. The zero-order valence-electron chi connectivity index (χ0n) is 18.1. The molecule has 1 aliphatic heterocycles.